The van der Waals surface area contributed by atoms with Crippen LogP contribution in [0.3, 0.4) is 0 Å². The predicted molar refractivity (Wildman–Crippen MR) is 111 cm³/mol. The molecule has 1 aliphatic heterocycles. The number of aliphatic hydroxyl groups excluding tert-OH is 1. The third-order valence-corrected chi connectivity index (χ3v) is 7.03. The molecule has 162 valence electrons. The van der Waals surface area contributed by atoms with Gasteiger partial charge in [-0.3, -0.25) is 0 Å². The maximum atomic E-state index is 14.6. The molecule has 0 radical (unpaired) electrons. The first-order valence-corrected chi connectivity index (χ1v) is 11.1. The van der Waals surface area contributed by atoms with Crippen molar-refractivity contribution in [2.75, 3.05) is 0 Å². The van der Waals surface area contributed by atoms with E-state index in [9.17, 15) is 17.9 Å². The van der Waals surface area contributed by atoms with Crippen LogP contribution in [0.2, 0.25) is 0 Å². The molecule has 32 heavy (non-hydrogen) atoms. The van der Waals surface area contributed by atoms with Crippen LogP contribution in [0.5, 0.6) is 0 Å². The molecule has 0 spiro atoms. The lowest BCUT2D eigenvalue weighted by atomic mass is 10.1. The lowest BCUT2D eigenvalue weighted by molar-refractivity contribution is 0.209. The normalized spacial score (nSPS) is 14.9. The number of hydrogen-bond acceptors (Lipinski definition) is 7. The molecule has 5 rings (SSSR count). The number of aromatic nitrogens is 3. The Labute approximate surface area is 183 Å². The van der Waals surface area contributed by atoms with Gasteiger partial charge in [-0.05, 0) is 23.8 Å². The second-order valence-corrected chi connectivity index (χ2v) is 9.20. The maximum absolute atomic E-state index is 14.6. The van der Waals surface area contributed by atoms with Crippen molar-refractivity contribution >= 4 is 10.0 Å². The summed E-state index contributed by atoms with van der Waals surface area (Å²) >= 11 is 0. The van der Waals surface area contributed by atoms with Crippen molar-refractivity contribution in [3.8, 4) is 11.5 Å². The summed E-state index contributed by atoms with van der Waals surface area (Å²) in [5.74, 6) is -0.492. The van der Waals surface area contributed by atoms with Gasteiger partial charge >= 0.3 is 0 Å². The Hall–Kier alpha value is -3.47. The van der Waals surface area contributed by atoms with Gasteiger partial charge in [-0.1, -0.05) is 30.3 Å². The molecule has 1 unspecified atom stereocenters. The number of nitrogens with zero attached hydrogens (tertiary/aromatic N) is 4. The summed E-state index contributed by atoms with van der Waals surface area (Å²) in [7, 11) is -3.99. The molecule has 8 nitrogen and oxygen atoms in total. The van der Waals surface area contributed by atoms with Crippen LogP contribution in [-0.2, 0) is 23.1 Å². The molecule has 0 saturated carbocycles. The van der Waals surface area contributed by atoms with E-state index in [1.165, 1.54) is 35.1 Å². The van der Waals surface area contributed by atoms with Gasteiger partial charge in [0, 0.05) is 18.3 Å². The number of oxazole rings is 1. The highest BCUT2D eigenvalue weighted by Gasteiger charge is 2.33. The topological polar surface area (TPSA) is 109 Å². The standard InChI is InChI=1S/C22H17FN4O4S/c23-18-10-16(6-7-17(18)22-24-8-9-31-22)32(29,30)27-12-15-11-25-21(26-19(15)13-27)20(28)14-4-2-1-3-5-14/h1-11,20,28H,12-13H2. The number of fused-ring (bicyclic) bond motifs is 1. The highest BCUT2D eigenvalue weighted by molar-refractivity contribution is 7.89. The van der Waals surface area contributed by atoms with Crippen molar-refractivity contribution in [1.29, 1.82) is 0 Å². The number of aliphatic hydroxyl groups is 1. The third-order valence-electron chi connectivity index (χ3n) is 5.25. The second-order valence-electron chi connectivity index (χ2n) is 7.27. The zero-order chi connectivity index (χ0) is 22.3. The van der Waals surface area contributed by atoms with E-state index in [0.717, 1.165) is 6.07 Å². The van der Waals surface area contributed by atoms with Gasteiger partial charge in [-0.2, -0.15) is 4.31 Å². The summed E-state index contributed by atoms with van der Waals surface area (Å²) in [6, 6.07) is 12.5. The van der Waals surface area contributed by atoms with Gasteiger partial charge in [0.05, 0.1) is 28.9 Å². The monoisotopic (exact) mass is 452 g/mol. The van der Waals surface area contributed by atoms with E-state index in [0.29, 0.717) is 16.8 Å². The van der Waals surface area contributed by atoms with Crippen LogP contribution in [0.15, 0.2) is 76.5 Å². The summed E-state index contributed by atoms with van der Waals surface area (Å²) in [6.45, 7) is 0.0558. The van der Waals surface area contributed by atoms with Gasteiger partial charge in [0.15, 0.2) is 5.82 Å². The molecular formula is C22H17FN4O4S. The average molecular weight is 452 g/mol. The summed E-state index contributed by atoms with van der Waals surface area (Å²) < 4.78 is 47.1. The fraction of sp³-hybridized carbons (Fsp3) is 0.136. The molecule has 10 heteroatoms. The van der Waals surface area contributed by atoms with Crippen molar-refractivity contribution in [2.24, 2.45) is 0 Å². The van der Waals surface area contributed by atoms with Crippen molar-refractivity contribution < 1.29 is 22.3 Å². The average Bonchev–Trinajstić information content (AvgIpc) is 3.49. The van der Waals surface area contributed by atoms with Crippen LogP contribution in [0, 0.1) is 5.82 Å². The number of rotatable bonds is 5. The molecular weight excluding hydrogens is 435 g/mol. The minimum atomic E-state index is -3.99. The highest BCUT2D eigenvalue weighted by Crippen LogP contribution is 2.31. The van der Waals surface area contributed by atoms with Gasteiger partial charge in [0.25, 0.3) is 0 Å². The van der Waals surface area contributed by atoms with Gasteiger partial charge in [-0.25, -0.2) is 27.8 Å². The van der Waals surface area contributed by atoms with Crippen molar-refractivity contribution in [2.45, 2.75) is 24.1 Å². The summed E-state index contributed by atoms with van der Waals surface area (Å²) in [5.41, 5.74) is 1.85. The Balaban J connectivity index is 1.40. The van der Waals surface area contributed by atoms with Crippen molar-refractivity contribution in [3.63, 3.8) is 0 Å². The molecule has 2 aromatic heterocycles. The number of hydrogen-bond donors (Lipinski definition) is 1. The van der Waals surface area contributed by atoms with Gasteiger partial charge < -0.3 is 9.52 Å². The largest absolute Gasteiger partial charge is 0.444 e. The molecule has 0 amide bonds. The zero-order valence-corrected chi connectivity index (χ0v) is 17.4. The SMILES string of the molecule is O=S(=O)(c1ccc(-c2ncco2)c(F)c1)N1Cc2cnc(C(O)c3ccccc3)nc2C1. The van der Waals surface area contributed by atoms with E-state index in [4.69, 9.17) is 4.42 Å². The van der Waals surface area contributed by atoms with Crippen LogP contribution in [0.4, 0.5) is 4.39 Å². The van der Waals surface area contributed by atoms with Crippen LogP contribution in [0.25, 0.3) is 11.5 Å². The molecule has 1 aliphatic rings. The second kappa shape index (κ2) is 7.90. The van der Waals surface area contributed by atoms with Crippen molar-refractivity contribution in [1.82, 2.24) is 19.3 Å². The minimum absolute atomic E-state index is 0.00218. The van der Waals surface area contributed by atoms with E-state index in [2.05, 4.69) is 15.0 Å². The van der Waals surface area contributed by atoms with Crippen LogP contribution < -0.4 is 0 Å². The van der Waals surface area contributed by atoms with Crippen molar-refractivity contribution in [3.05, 3.63) is 95.7 Å². The van der Waals surface area contributed by atoms with Crippen LogP contribution >= 0.6 is 0 Å². The van der Waals surface area contributed by atoms with E-state index < -0.39 is 21.9 Å². The van der Waals surface area contributed by atoms with E-state index in [1.807, 2.05) is 6.07 Å². The Morgan fingerprint density at radius 2 is 1.91 bits per heavy atom. The fourth-order valence-corrected chi connectivity index (χ4v) is 4.95. The minimum Gasteiger partial charge on any atom is -0.444 e. The Morgan fingerprint density at radius 3 is 2.62 bits per heavy atom. The smallest absolute Gasteiger partial charge is 0.243 e. The Morgan fingerprint density at radius 1 is 1.09 bits per heavy atom. The zero-order valence-electron chi connectivity index (χ0n) is 16.6. The molecule has 0 aliphatic carbocycles. The lowest BCUT2D eigenvalue weighted by Crippen LogP contribution is -2.25. The molecule has 4 aromatic rings. The predicted octanol–water partition coefficient (Wildman–Crippen LogP) is 3.06. The van der Waals surface area contributed by atoms with E-state index in [1.54, 1.807) is 24.3 Å². The Kier molecular flexibility index (Phi) is 5.04. The first-order valence-electron chi connectivity index (χ1n) is 9.71. The fourth-order valence-electron chi connectivity index (χ4n) is 3.56. The number of halogens is 1. The molecule has 0 bridgehead atoms. The molecule has 1 atom stereocenters. The molecule has 2 aromatic carbocycles. The molecule has 0 saturated heterocycles. The number of sulfonamides is 1. The first-order chi connectivity index (χ1) is 15.4. The van der Waals surface area contributed by atoms with E-state index in [-0.39, 0.29) is 35.3 Å². The van der Waals surface area contributed by atoms with Crippen LogP contribution in [0.1, 0.15) is 28.7 Å². The quantitative estimate of drug-likeness (QED) is 0.496. The first kappa shape index (κ1) is 20.4. The highest BCUT2D eigenvalue weighted by atomic mass is 32.2. The summed E-state index contributed by atoms with van der Waals surface area (Å²) in [6.07, 6.45) is 3.19. The lowest BCUT2D eigenvalue weighted by Gasteiger charge is -2.15. The van der Waals surface area contributed by atoms with Gasteiger partial charge in [0.2, 0.25) is 15.9 Å². The maximum Gasteiger partial charge on any atom is 0.243 e. The third kappa shape index (κ3) is 3.58. The molecule has 0 fully saturated rings. The van der Waals surface area contributed by atoms with Crippen LogP contribution in [-0.4, -0.2) is 32.8 Å². The summed E-state index contributed by atoms with van der Waals surface area (Å²) in [4.78, 5) is 12.3. The molecule has 1 N–H and O–H groups in total. The summed E-state index contributed by atoms with van der Waals surface area (Å²) in [5, 5.41) is 10.6. The van der Waals surface area contributed by atoms with E-state index >= 15 is 0 Å². The van der Waals surface area contributed by atoms with Gasteiger partial charge in [-0.15, -0.1) is 0 Å². The Bertz CT molecular complexity index is 1380. The molecule has 3 heterocycles. The van der Waals surface area contributed by atoms with Gasteiger partial charge in [0.1, 0.15) is 18.2 Å². The number of benzene rings is 2.